The maximum absolute atomic E-state index is 6.34. The smallest absolute Gasteiger partial charge is 0.0583 e. The highest BCUT2D eigenvalue weighted by atomic mass is 79.9. The quantitative estimate of drug-likeness (QED) is 0.650. The summed E-state index contributed by atoms with van der Waals surface area (Å²) in [5.41, 5.74) is 0.921. The van der Waals surface area contributed by atoms with E-state index in [9.17, 15) is 0 Å². The van der Waals surface area contributed by atoms with E-state index >= 15 is 0 Å². The van der Waals surface area contributed by atoms with Gasteiger partial charge in [0.05, 0.1) is 12.7 Å². The topological polar surface area (TPSA) is 9.23 Å². The molecule has 2 atom stereocenters. The molecule has 0 aromatic heterocycles. The van der Waals surface area contributed by atoms with E-state index in [0.717, 1.165) is 17.9 Å². The first kappa shape index (κ1) is 14.8. The predicted molar refractivity (Wildman–Crippen MR) is 81.2 cm³/mol. The van der Waals surface area contributed by atoms with Gasteiger partial charge in [0.1, 0.15) is 0 Å². The second-order valence-corrected chi connectivity index (χ2v) is 8.25. The minimum atomic E-state index is 0.449. The predicted octanol–water partition coefficient (Wildman–Crippen LogP) is 5.17. The van der Waals surface area contributed by atoms with Crippen LogP contribution in [0.5, 0.6) is 0 Å². The lowest BCUT2D eigenvalue weighted by molar-refractivity contribution is -0.0526. The fourth-order valence-electron chi connectivity index (χ4n) is 4.12. The molecule has 2 aliphatic rings. The molecule has 2 aliphatic carbocycles. The summed E-state index contributed by atoms with van der Waals surface area (Å²) in [5.74, 6) is 0.822. The van der Waals surface area contributed by atoms with Crippen molar-refractivity contribution in [2.75, 3.05) is 11.9 Å². The van der Waals surface area contributed by atoms with E-state index in [4.69, 9.17) is 4.74 Å². The van der Waals surface area contributed by atoms with Gasteiger partial charge in [-0.2, -0.15) is 0 Å². The molecule has 18 heavy (non-hydrogen) atoms. The van der Waals surface area contributed by atoms with Gasteiger partial charge in [-0.25, -0.2) is 0 Å². The fourth-order valence-corrected chi connectivity index (χ4v) is 4.84. The average molecular weight is 317 g/mol. The van der Waals surface area contributed by atoms with E-state index in [1.54, 1.807) is 0 Å². The number of alkyl halides is 1. The molecule has 0 heterocycles. The summed E-state index contributed by atoms with van der Waals surface area (Å²) < 4.78 is 6.34. The van der Waals surface area contributed by atoms with Crippen molar-refractivity contribution in [3.63, 3.8) is 0 Å². The Labute approximate surface area is 121 Å². The molecule has 0 aromatic carbocycles. The van der Waals surface area contributed by atoms with Crippen molar-refractivity contribution in [3.05, 3.63) is 0 Å². The van der Waals surface area contributed by atoms with Gasteiger partial charge < -0.3 is 4.74 Å². The zero-order valence-electron chi connectivity index (χ0n) is 12.3. The molecule has 2 rings (SSSR count). The Morgan fingerprint density at radius 2 is 1.83 bits per heavy atom. The standard InChI is InChI=1S/C16H29BrO/c1-13-8-14(10-15(2,3)9-13)18-12-16(11-17)6-4-5-7-16/h13-14H,4-12H2,1-3H3. The highest BCUT2D eigenvalue weighted by Crippen LogP contribution is 2.43. The van der Waals surface area contributed by atoms with E-state index in [0.29, 0.717) is 16.9 Å². The zero-order valence-corrected chi connectivity index (χ0v) is 13.9. The molecule has 0 aromatic rings. The van der Waals surface area contributed by atoms with Crippen LogP contribution in [0.4, 0.5) is 0 Å². The molecule has 0 amide bonds. The molecule has 2 unspecified atom stereocenters. The van der Waals surface area contributed by atoms with Crippen LogP contribution in [0.1, 0.15) is 65.7 Å². The molecular formula is C16H29BrO. The van der Waals surface area contributed by atoms with Crippen LogP contribution in [-0.2, 0) is 4.74 Å². The molecule has 0 saturated heterocycles. The second kappa shape index (κ2) is 5.83. The lowest BCUT2D eigenvalue weighted by Crippen LogP contribution is -2.36. The van der Waals surface area contributed by atoms with Crippen molar-refractivity contribution < 1.29 is 4.74 Å². The summed E-state index contributed by atoms with van der Waals surface area (Å²) in [6.07, 6.45) is 9.85. The average Bonchev–Trinajstić information content (AvgIpc) is 2.73. The maximum Gasteiger partial charge on any atom is 0.0583 e. The minimum Gasteiger partial charge on any atom is -0.378 e. The number of ether oxygens (including phenoxy) is 1. The molecule has 0 N–H and O–H groups in total. The first-order chi connectivity index (χ1) is 8.45. The fraction of sp³-hybridized carbons (Fsp3) is 1.00. The van der Waals surface area contributed by atoms with Crippen LogP contribution in [-0.4, -0.2) is 18.0 Å². The molecular weight excluding hydrogens is 288 g/mol. The summed E-state index contributed by atoms with van der Waals surface area (Å²) in [4.78, 5) is 0. The van der Waals surface area contributed by atoms with Crippen LogP contribution in [0, 0.1) is 16.7 Å². The molecule has 2 heteroatoms. The highest BCUT2D eigenvalue weighted by molar-refractivity contribution is 9.09. The Morgan fingerprint density at radius 3 is 2.39 bits per heavy atom. The summed E-state index contributed by atoms with van der Waals surface area (Å²) >= 11 is 3.71. The summed E-state index contributed by atoms with van der Waals surface area (Å²) in [6.45, 7) is 8.16. The van der Waals surface area contributed by atoms with Crippen molar-refractivity contribution in [2.24, 2.45) is 16.7 Å². The Hall–Kier alpha value is 0.440. The normalized spacial score (nSPS) is 34.7. The Morgan fingerprint density at radius 1 is 1.17 bits per heavy atom. The van der Waals surface area contributed by atoms with Crippen molar-refractivity contribution in [2.45, 2.75) is 71.8 Å². The van der Waals surface area contributed by atoms with Gasteiger partial charge in [-0.05, 0) is 43.4 Å². The van der Waals surface area contributed by atoms with Crippen molar-refractivity contribution in [1.29, 1.82) is 0 Å². The Kier molecular flexibility index (Phi) is 4.80. The van der Waals surface area contributed by atoms with Gasteiger partial charge in [-0.3, -0.25) is 0 Å². The third-order valence-electron chi connectivity index (χ3n) is 4.92. The zero-order chi connectivity index (χ0) is 13.2. The van der Waals surface area contributed by atoms with Gasteiger partial charge in [0.15, 0.2) is 0 Å². The SMILES string of the molecule is CC1CC(OCC2(CBr)CCCC2)CC(C)(C)C1. The number of hydrogen-bond acceptors (Lipinski definition) is 1. The van der Waals surface area contributed by atoms with E-state index in [2.05, 4.69) is 36.7 Å². The van der Waals surface area contributed by atoms with Crippen LogP contribution in [0.25, 0.3) is 0 Å². The lowest BCUT2D eigenvalue weighted by atomic mass is 9.71. The van der Waals surface area contributed by atoms with Crippen LogP contribution in [0.15, 0.2) is 0 Å². The number of halogens is 1. The molecule has 2 fully saturated rings. The van der Waals surface area contributed by atoms with E-state index in [-0.39, 0.29) is 0 Å². The van der Waals surface area contributed by atoms with Crippen LogP contribution in [0.3, 0.4) is 0 Å². The number of rotatable bonds is 4. The second-order valence-electron chi connectivity index (χ2n) is 7.69. The van der Waals surface area contributed by atoms with E-state index in [1.807, 2.05) is 0 Å². The van der Waals surface area contributed by atoms with E-state index in [1.165, 1.54) is 44.9 Å². The maximum atomic E-state index is 6.34. The molecule has 1 nitrogen and oxygen atoms in total. The van der Waals surface area contributed by atoms with E-state index < -0.39 is 0 Å². The monoisotopic (exact) mass is 316 g/mol. The van der Waals surface area contributed by atoms with Crippen LogP contribution >= 0.6 is 15.9 Å². The molecule has 106 valence electrons. The van der Waals surface area contributed by atoms with Crippen molar-refractivity contribution in [3.8, 4) is 0 Å². The lowest BCUT2D eigenvalue weighted by Gasteiger charge is -2.40. The van der Waals surface area contributed by atoms with Crippen molar-refractivity contribution >= 4 is 15.9 Å². The molecule has 2 saturated carbocycles. The largest absolute Gasteiger partial charge is 0.378 e. The van der Waals surface area contributed by atoms with Crippen LogP contribution < -0.4 is 0 Å². The van der Waals surface area contributed by atoms with Gasteiger partial charge >= 0.3 is 0 Å². The van der Waals surface area contributed by atoms with Gasteiger partial charge in [0.25, 0.3) is 0 Å². The molecule has 0 aliphatic heterocycles. The Balaban J connectivity index is 1.85. The first-order valence-corrected chi connectivity index (χ1v) is 8.74. The summed E-state index contributed by atoms with van der Waals surface area (Å²) in [5, 5.41) is 1.12. The summed E-state index contributed by atoms with van der Waals surface area (Å²) in [7, 11) is 0. The first-order valence-electron chi connectivity index (χ1n) is 7.62. The number of hydrogen-bond donors (Lipinski definition) is 0. The van der Waals surface area contributed by atoms with Gasteiger partial charge in [-0.1, -0.05) is 49.5 Å². The molecule has 0 bridgehead atoms. The highest BCUT2D eigenvalue weighted by Gasteiger charge is 2.37. The van der Waals surface area contributed by atoms with Gasteiger partial charge in [-0.15, -0.1) is 0 Å². The third-order valence-corrected chi connectivity index (χ3v) is 6.11. The van der Waals surface area contributed by atoms with Gasteiger partial charge in [0.2, 0.25) is 0 Å². The summed E-state index contributed by atoms with van der Waals surface area (Å²) in [6, 6.07) is 0. The third kappa shape index (κ3) is 3.72. The molecule has 0 spiro atoms. The minimum absolute atomic E-state index is 0.449. The molecule has 0 radical (unpaired) electrons. The Bertz CT molecular complexity index is 268. The van der Waals surface area contributed by atoms with Crippen LogP contribution in [0.2, 0.25) is 0 Å². The van der Waals surface area contributed by atoms with Gasteiger partial charge in [0, 0.05) is 10.7 Å². The van der Waals surface area contributed by atoms with Crippen molar-refractivity contribution in [1.82, 2.24) is 0 Å².